The molecule has 0 fully saturated rings. The summed E-state index contributed by atoms with van der Waals surface area (Å²) in [6.45, 7) is 22.6. The number of nitrogens with zero attached hydrogens (tertiary/aromatic N) is 1. The number of rotatable bonds is 15. The van der Waals surface area contributed by atoms with Crippen molar-refractivity contribution in [3.8, 4) is 89.0 Å². The van der Waals surface area contributed by atoms with Crippen LogP contribution in [0.3, 0.4) is 0 Å². The summed E-state index contributed by atoms with van der Waals surface area (Å²) in [4.78, 5) is 53.0. The zero-order chi connectivity index (χ0) is 88.1. The maximum absolute atomic E-state index is 11.8. The zero-order valence-corrected chi connectivity index (χ0v) is 76.0. The van der Waals surface area contributed by atoms with Gasteiger partial charge in [-0.15, -0.1) is 11.8 Å². The largest absolute Gasteiger partial charge is 2.00 e. The van der Waals surface area contributed by atoms with Gasteiger partial charge >= 0.3 is 34.1 Å². The standard InChI is InChI=1S/4C21H18O2.C15H17NS.2C6H5Cl.2Fe/c4*1-14-6-10-16(11-7-14)18-4-3-5-19(20(18)21(22)23)17-12-8-15(2)9-13-17;1-11-8-12(2)15(13(3)9-11)17-10-14-6-4-5-7-16-14;2*7-6-4-2-1-3-5-6;;/h4*3-13H,1-2H3,(H,22,23);4-9H,10H2,1-3H3;2*1-5H;;/q;;;;;;;2*+2/p-4. The third-order valence-corrected chi connectivity index (χ3v) is 22.0. The number of pyridine rings is 1. The van der Waals surface area contributed by atoms with Crippen molar-refractivity contribution >= 4 is 58.8 Å². The number of aromatic nitrogens is 1. The Morgan fingerprint density at radius 3 is 0.600 bits per heavy atom. The molecule has 1 heterocycles. The summed E-state index contributed by atoms with van der Waals surface area (Å²) in [7, 11) is 0. The van der Waals surface area contributed by atoms with E-state index in [4.69, 9.17) is 23.2 Å². The molecule has 125 heavy (non-hydrogen) atoms. The Balaban J connectivity index is 0.000000186. The number of aryl methyl sites for hydroxylation is 11. The van der Waals surface area contributed by atoms with E-state index in [1.54, 1.807) is 0 Å². The van der Waals surface area contributed by atoms with E-state index in [1.165, 1.54) is 21.6 Å². The van der Waals surface area contributed by atoms with Crippen molar-refractivity contribution in [3.63, 3.8) is 0 Å². The Morgan fingerprint density at radius 1 is 0.248 bits per heavy atom. The first kappa shape index (κ1) is 97.7. The molecule has 1 aromatic heterocycles. The smallest absolute Gasteiger partial charge is 0.545 e. The van der Waals surface area contributed by atoms with Crippen molar-refractivity contribution in [3.05, 3.63) is 463 Å². The zero-order valence-electron chi connectivity index (χ0n) is 71.4. The minimum absolute atomic E-state index is 0. The number of aromatic carboxylic acids is 4. The van der Waals surface area contributed by atoms with Gasteiger partial charge in [0.25, 0.3) is 0 Å². The van der Waals surface area contributed by atoms with Crippen LogP contribution < -0.4 is 20.4 Å². The van der Waals surface area contributed by atoms with E-state index < -0.39 is 23.9 Å². The molecule has 0 saturated heterocycles. The summed E-state index contributed by atoms with van der Waals surface area (Å²) in [5.74, 6) is -3.69. The number of carboxylic acid groups (broad SMARTS) is 4. The normalized spacial score (nSPS) is 10.2. The maximum atomic E-state index is 11.8. The fourth-order valence-electron chi connectivity index (χ4n) is 13.7. The van der Waals surface area contributed by atoms with Gasteiger partial charge in [-0.25, -0.2) is 0 Å². The number of benzene rings is 15. The number of hydrogen-bond acceptors (Lipinski definition) is 10. The summed E-state index contributed by atoms with van der Waals surface area (Å²) >= 11 is 13.0. The number of halogens is 2. The molecule has 0 atom stereocenters. The van der Waals surface area contributed by atoms with E-state index in [2.05, 4.69) is 44.0 Å². The van der Waals surface area contributed by atoms with Crippen molar-refractivity contribution < 1.29 is 73.7 Å². The van der Waals surface area contributed by atoms with E-state index in [0.717, 1.165) is 111 Å². The average Bonchev–Trinajstić information content (AvgIpc) is 0.802. The van der Waals surface area contributed by atoms with Crippen LogP contribution in [0.4, 0.5) is 0 Å². The fraction of sp³-hybridized carbons (Fsp3) is 0.108. The number of carbonyl (C=O) groups is 4. The molecule has 628 valence electrons. The van der Waals surface area contributed by atoms with Crippen molar-refractivity contribution in [1.82, 2.24) is 4.98 Å². The Hall–Kier alpha value is -12.7. The molecular formula is C111H95Cl2Fe2NO8S. The number of carboxylic acids is 4. The third-order valence-electron chi connectivity index (χ3n) is 20.1. The molecule has 0 N–H and O–H groups in total. The first-order valence-corrected chi connectivity index (χ1v) is 41.9. The van der Waals surface area contributed by atoms with Gasteiger partial charge in [0.05, 0.1) is 29.6 Å². The SMILES string of the molecule is Cc1cc(C)c(SCc2ccccn2)c(C)c1.Cc1ccc(-c2cccc(-c3ccc(C)cc3)c2C(=O)[O-])cc1.Cc1ccc(-c2cccc(-c3ccc(C)cc3)c2C(=O)[O-])cc1.Cc1ccc(-c2cccc(-c3ccc(C)cc3)c2C(=O)[O-])cc1.Cc1ccc(-c2cccc(-c3ccc(C)cc3)c2C(=O)[O-])cc1.Clc1ccccc1.Clc1ccccc1.[Fe+2].[Fe+2]. The molecule has 0 aliphatic rings. The first-order chi connectivity index (χ1) is 59.2. The van der Waals surface area contributed by atoms with Crippen molar-refractivity contribution in [1.29, 1.82) is 0 Å². The Bertz CT molecular complexity index is 5290. The third kappa shape index (κ3) is 28.4. The van der Waals surface area contributed by atoms with Crippen LogP contribution in [0, 0.1) is 76.2 Å². The van der Waals surface area contributed by atoms with Crippen LogP contribution in [0.5, 0.6) is 0 Å². The fourth-order valence-corrected chi connectivity index (χ4v) is 15.1. The molecule has 0 aliphatic heterocycles. The van der Waals surface area contributed by atoms with Gasteiger partial charge in [-0.3, -0.25) is 4.98 Å². The maximum Gasteiger partial charge on any atom is 2.00 e. The molecule has 0 unspecified atom stereocenters. The topological polar surface area (TPSA) is 173 Å². The minimum Gasteiger partial charge on any atom is -0.545 e. The summed E-state index contributed by atoms with van der Waals surface area (Å²) in [5, 5.41) is 48.8. The van der Waals surface area contributed by atoms with Gasteiger partial charge in [0.15, 0.2) is 0 Å². The Kier molecular flexibility index (Phi) is 37.8. The van der Waals surface area contributed by atoms with Crippen LogP contribution >= 0.6 is 35.0 Å². The molecular weight excluding hydrogens is 1690 g/mol. The summed E-state index contributed by atoms with van der Waals surface area (Å²) < 4.78 is 0. The molecule has 0 aliphatic carbocycles. The molecule has 15 aromatic carbocycles. The van der Waals surface area contributed by atoms with Gasteiger partial charge in [-0.1, -0.05) is 395 Å². The quantitative estimate of drug-likeness (QED) is 0.0710. The molecule has 0 spiro atoms. The van der Waals surface area contributed by atoms with Gasteiger partial charge in [0.1, 0.15) is 0 Å². The van der Waals surface area contributed by atoms with Crippen molar-refractivity contribution in [2.75, 3.05) is 0 Å². The summed E-state index contributed by atoms with van der Waals surface area (Å²) in [6.07, 6.45) is 1.85. The van der Waals surface area contributed by atoms with Gasteiger partial charge < -0.3 is 39.6 Å². The molecule has 16 rings (SSSR count). The average molecular weight is 1790 g/mol. The van der Waals surface area contributed by atoms with E-state index in [0.29, 0.717) is 44.5 Å². The van der Waals surface area contributed by atoms with Crippen LogP contribution in [0.25, 0.3) is 89.0 Å². The Labute approximate surface area is 770 Å². The summed E-state index contributed by atoms with van der Waals surface area (Å²) in [6, 6.07) is 114. The van der Waals surface area contributed by atoms with E-state index in [9.17, 15) is 39.6 Å². The van der Waals surface area contributed by atoms with E-state index in [-0.39, 0.29) is 56.4 Å². The summed E-state index contributed by atoms with van der Waals surface area (Å²) in [5.41, 5.74) is 27.7. The number of hydrogen-bond donors (Lipinski definition) is 0. The van der Waals surface area contributed by atoms with Crippen molar-refractivity contribution in [2.45, 2.75) is 86.8 Å². The first-order valence-electron chi connectivity index (χ1n) is 40.2. The van der Waals surface area contributed by atoms with E-state index in [1.807, 2.05) is 413 Å². The number of thioether (sulfide) groups is 1. The second kappa shape index (κ2) is 48.4. The molecule has 0 amide bonds. The molecule has 14 heteroatoms. The predicted octanol–water partition coefficient (Wildman–Crippen LogP) is 25.0. The second-order valence-corrected chi connectivity index (χ2v) is 31.8. The number of carbonyl (C=O) groups excluding carboxylic acids is 4. The molecule has 9 nitrogen and oxygen atoms in total. The second-order valence-electron chi connectivity index (χ2n) is 29.9. The predicted molar refractivity (Wildman–Crippen MR) is 502 cm³/mol. The van der Waals surface area contributed by atoms with Crippen LogP contribution in [0.1, 0.15) is 108 Å². The van der Waals surface area contributed by atoms with Crippen molar-refractivity contribution in [2.24, 2.45) is 0 Å². The van der Waals surface area contributed by atoms with Gasteiger partial charge in [0.2, 0.25) is 0 Å². The van der Waals surface area contributed by atoms with Crippen LogP contribution in [-0.2, 0) is 39.9 Å². The van der Waals surface area contributed by atoms with Crippen LogP contribution in [0.2, 0.25) is 10.0 Å². The monoisotopic (exact) mass is 1780 g/mol. The van der Waals surface area contributed by atoms with Gasteiger partial charge in [0, 0.05) is 49.1 Å². The molecule has 0 saturated carbocycles. The van der Waals surface area contributed by atoms with Crippen LogP contribution in [0.15, 0.2) is 369 Å². The molecule has 0 bridgehead atoms. The molecule has 16 aromatic rings. The van der Waals surface area contributed by atoms with Crippen LogP contribution in [-0.4, -0.2) is 28.9 Å². The Morgan fingerprint density at radius 2 is 0.440 bits per heavy atom. The molecule has 0 radical (unpaired) electrons. The van der Waals surface area contributed by atoms with Gasteiger partial charge in [-0.2, -0.15) is 0 Å². The minimum atomic E-state index is -1.16. The van der Waals surface area contributed by atoms with Gasteiger partial charge in [-0.05, 0) is 213 Å². The van der Waals surface area contributed by atoms with E-state index >= 15 is 0 Å².